The van der Waals surface area contributed by atoms with E-state index in [9.17, 15) is 4.79 Å². The quantitative estimate of drug-likeness (QED) is 0.797. The second kappa shape index (κ2) is 5.23. The van der Waals surface area contributed by atoms with E-state index >= 15 is 0 Å². The second-order valence-electron chi connectivity index (χ2n) is 2.94. The van der Waals surface area contributed by atoms with Crippen LogP contribution in [0.2, 0.25) is 0 Å². The van der Waals surface area contributed by atoms with E-state index in [0.29, 0.717) is 0 Å². The van der Waals surface area contributed by atoms with Crippen LogP contribution >= 0.6 is 23.2 Å². The van der Waals surface area contributed by atoms with Crippen LogP contribution in [0.25, 0.3) is 0 Å². The van der Waals surface area contributed by atoms with Crippen LogP contribution in [0.15, 0.2) is 30.3 Å². The molecule has 0 bridgehead atoms. The van der Waals surface area contributed by atoms with Gasteiger partial charge in [-0.1, -0.05) is 53.5 Å². The Balaban J connectivity index is 2.59. The van der Waals surface area contributed by atoms with E-state index in [-0.39, 0.29) is 11.9 Å². The SMILES string of the molecule is C[C@@H](NC(=O)C(Cl)Cl)c1ccccc1. The van der Waals surface area contributed by atoms with Crippen LogP contribution in [-0.4, -0.2) is 10.7 Å². The average Bonchev–Trinajstić information content (AvgIpc) is 2.19. The monoisotopic (exact) mass is 231 g/mol. The van der Waals surface area contributed by atoms with E-state index in [1.165, 1.54) is 0 Å². The molecular formula is C10H11Cl2NO. The molecule has 0 aromatic heterocycles. The van der Waals surface area contributed by atoms with Crippen molar-refractivity contribution >= 4 is 29.1 Å². The largest absolute Gasteiger partial charge is 0.347 e. The van der Waals surface area contributed by atoms with Crippen LogP contribution in [0.1, 0.15) is 18.5 Å². The third-order valence-corrected chi connectivity index (χ3v) is 2.25. The van der Waals surface area contributed by atoms with Gasteiger partial charge in [-0.25, -0.2) is 0 Å². The summed E-state index contributed by atoms with van der Waals surface area (Å²) in [7, 11) is 0. The minimum atomic E-state index is -1.01. The van der Waals surface area contributed by atoms with Crippen molar-refractivity contribution in [1.29, 1.82) is 0 Å². The van der Waals surface area contributed by atoms with Crippen LogP contribution in [0.4, 0.5) is 0 Å². The summed E-state index contributed by atoms with van der Waals surface area (Å²) in [6, 6.07) is 9.53. The molecule has 2 nitrogen and oxygen atoms in total. The van der Waals surface area contributed by atoms with Gasteiger partial charge in [-0.2, -0.15) is 0 Å². The number of rotatable bonds is 3. The van der Waals surface area contributed by atoms with Crippen molar-refractivity contribution in [2.45, 2.75) is 17.8 Å². The molecule has 1 aromatic carbocycles. The first-order valence-corrected chi connectivity index (χ1v) is 5.12. The highest BCUT2D eigenvalue weighted by atomic mass is 35.5. The summed E-state index contributed by atoms with van der Waals surface area (Å²) in [6.45, 7) is 1.88. The van der Waals surface area contributed by atoms with Gasteiger partial charge in [0, 0.05) is 0 Å². The van der Waals surface area contributed by atoms with Crippen molar-refractivity contribution in [3.8, 4) is 0 Å². The van der Waals surface area contributed by atoms with Crippen molar-refractivity contribution in [3.63, 3.8) is 0 Å². The lowest BCUT2D eigenvalue weighted by molar-refractivity contribution is -0.120. The summed E-state index contributed by atoms with van der Waals surface area (Å²) in [5, 5.41) is 2.69. The molecule has 0 radical (unpaired) electrons. The fourth-order valence-corrected chi connectivity index (χ4v) is 1.23. The van der Waals surface area contributed by atoms with E-state index in [4.69, 9.17) is 23.2 Å². The topological polar surface area (TPSA) is 29.1 Å². The Kier molecular flexibility index (Phi) is 4.23. The lowest BCUT2D eigenvalue weighted by atomic mass is 10.1. The number of nitrogens with one attached hydrogen (secondary N) is 1. The van der Waals surface area contributed by atoms with Crippen LogP contribution < -0.4 is 5.32 Å². The first-order valence-electron chi connectivity index (χ1n) is 4.24. The molecule has 0 saturated heterocycles. The molecule has 0 spiro atoms. The van der Waals surface area contributed by atoms with Crippen LogP contribution in [0, 0.1) is 0 Å². The molecule has 0 aliphatic rings. The minimum absolute atomic E-state index is 0.0799. The Morgan fingerprint density at radius 2 is 1.86 bits per heavy atom. The van der Waals surface area contributed by atoms with Crippen LogP contribution in [0.5, 0.6) is 0 Å². The predicted octanol–water partition coefficient (Wildman–Crippen LogP) is 2.67. The van der Waals surface area contributed by atoms with Crippen molar-refractivity contribution in [2.75, 3.05) is 0 Å². The van der Waals surface area contributed by atoms with Gasteiger partial charge in [0.25, 0.3) is 5.91 Å². The number of amides is 1. The summed E-state index contributed by atoms with van der Waals surface area (Å²) in [4.78, 5) is 10.1. The highest BCUT2D eigenvalue weighted by molar-refractivity contribution is 6.53. The number of carbonyl (C=O) groups excluding carboxylic acids is 1. The molecule has 0 aliphatic carbocycles. The van der Waals surface area contributed by atoms with Gasteiger partial charge >= 0.3 is 0 Å². The molecule has 1 rings (SSSR count). The number of hydrogen-bond donors (Lipinski definition) is 1. The highest BCUT2D eigenvalue weighted by Crippen LogP contribution is 2.12. The van der Waals surface area contributed by atoms with Gasteiger partial charge in [0.1, 0.15) is 0 Å². The normalized spacial score (nSPS) is 12.6. The average molecular weight is 232 g/mol. The second-order valence-corrected chi connectivity index (χ2v) is 4.04. The molecule has 1 atom stereocenters. The fraction of sp³-hybridized carbons (Fsp3) is 0.300. The van der Waals surface area contributed by atoms with Gasteiger partial charge in [-0.15, -0.1) is 0 Å². The van der Waals surface area contributed by atoms with Crippen molar-refractivity contribution in [3.05, 3.63) is 35.9 Å². The van der Waals surface area contributed by atoms with Crippen LogP contribution in [-0.2, 0) is 4.79 Å². The van der Waals surface area contributed by atoms with Gasteiger partial charge in [0.15, 0.2) is 4.84 Å². The lowest BCUT2D eigenvalue weighted by Crippen LogP contribution is -2.30. The van der Waals surface area contributed by atoms with Crippen molar-refractivity contribution < 1.29 is 4.79 Å². The van der Waals surface area contributed by atoms with E-state index in [0.717, 1.165) is 5.56 Å². The van der Waals surface area contributed by atoms with Crippen LogP contribution in [0.3, 0.4) is 0 Å². The zero-order valence-corrected chi connectivity index (χ0v) is 9.22. The molecule has 0 heterocycles. The Hall–Kier alpha value is -0.730. The first-order chi connectivity index (χ1) is 6.61. The molecule has 1 aromatic rings. The summed E-state index contributed by atoms with van der Waals surface area (Å²) >= 11 is 10.8. The Morgan fingerprint density at radius 3 is 2.36 bits per heavy atom. The van der Waals surface area contributed by atoms with Gasteiger partial charge in [0.2, 0.25) is 0 Å². The molecule has 0 aliphatic heterocycles. The minimum Gasteiger partial charge on any atom is -0.347 e. The first kappa shape index (κ1) is 11.3. The summed E-state index contributed by atoms with van der Waals surface area (Å²) in [5.41, 5.74) is 1.02. The number of carbonyl (C=O) groups is 1. The zero-order chi connectivity index (χ0) is 10.6. The molecule has 0 fully saturated rings. The van der Waals surface area contributed by atoms with Gasteiger partial charge in [-0.3, -0.25) is 4.79 Å². The Morgan fingerprint density at radius 1 is 1.29 bits per heavy atom. The number of halogens is 2. The van der Waals surface area contributed by atoms with Crippen molar-refractivity contribution in [2.24, 2.45) is 0 Å². The number of alkyl halides is 2. The molecule has 0 saturated carbocycles. The third kappa shape index (κ3) is 3.20. The maximum Gasteiger partial charge on any atom is 0.253 e. The lowest BCUT2D eigenvalue weighted by Gasteiger charge is -2.14. The van der Waals surface area contributed by atoms with Gasteiger partial charge < -0.3 is 5.32 Å². The Labute approximate surface area is 93.2 Å². The van der Waals surface area contributed by atoms with Gasteiger partial charge in [-0.05, 0) is 12.5 Å². The standard InChI is InChI=1S/C10H11Cl2NO/c1-7(13-10(14)9(11)12)8-5-3-2-4-6-8/h2-7,9H,1H3,(H,13,14)/t7-/m1/s1. The maximum absolute atomic E-state index is 11.2. The number of benzene rings is 1. The molecule has 1 N–H and O–H groups in total. The molecule has 14 heavy (non-hydrogen) atoms. The molecule has 76 valence electrons. The maximum atomic E-state index is 11.2. The summed E-state index contributed by atoms with van der Waals surface area (Å²) < 4.78 is 0. The third-order valence-electron chi connectivity index (χ3n) is 1.86. The smallest absolute Gasteiger partial charge is 0.253 e. The molecule has 4 heteroatoms. The number of hydrogen-bond acceptors (Lipinski definition) is 1. The van der Waals surface area contributed by atoms with Gasteiger partial charge in [0.05, 0.1) is 6.04 Å². The molecular weight excluding hydrogens is 221 g/mol. The van der Waals surface area contributed by atoms with E-state index < -0.39 is 4.84 Å². The van der Waals surface area contributed by atoms with Crippen molar-refractivity contribution in [1.82, 2.24) is 5.32 Å². The zero-order valence-electron chi connectivity index (χ0n) is 7.71. The summed E-state index contributed by atoms with van der Waals surface area (Å²) in [5.74, 6) is -0.371. The van der Waals surface area contributed by atoms with E-state index in [1.807, 2.05) is 37.3 Å². The molecule has 1 amide bonds. The predicted molar refractivity (Wildman–Crippen MR) is 58.5 cm³/mol. The molecule has 0 unspecified atom stereocenters. The highest BCUT2D eigenvalue weighted by Gasteiger charge is 2.14. The summed E-state index contributed by atoms with van der Waals surface area (Å²) in [6.07, 6.45) is 0. The van der Waals surface area contributed by atoms with E-state index in [2.05, 4.69) is 5.32 Å². The fourth-order valence-electron chi connectivity index (χ4n) is 1.10. The van der Waals surface area contributed by atoms with E-state index in [1.54, 1.807) is 0 Å². The Bertz CT molecular complexity index is 300.